The molecule has 0 spiro atoms. The van der Waals surface area contributed by atoms with Crippen molar-refractivity contribution >= 4 is 34.5 Å². The summed E-state index contributed by atoms with van der Waals surface area (Å²) in [6, 6.07) is 10.0. The predicted molar refractivity (Wildman–Crippen MR) is 126 cm³/mol. The molecule has 2 amide bonds. The molecule has 11 nitrogen and oxygen atoms in total. The molecule has 0 saturated carbocycles. The Balaban J connectivity index is 1.55. The summed E-state index contributed by atoms with van der Waals surface area (Å²) in [7, 11) is 6.08. The molecule has 2 N–H and O–H groups in total. The van der Waals surface area contributed by atoms with Crippen molar-refractivity contribution in [3.05, 3.63) is 52.5 Å². The van der Waals surface area contributed by atoms with Crippen LogP contribution in [-0.4, -0.2) is 56.7 Å². The summed E-state index contributed by atoms with van der Waals surface area (Å²) < 4.78 is 20.9. The van der Waals surface area contributed by atoms with Crippen molar-refractivity contribution in [3.63, 3.8) is 0 Å². The number of carbonyl (C=O) groups excluding carboxylic acids is 2. The highest BCUT2D eigenvalue weighted by atomic mass is 32.1. The number of benzene rings is 2. The molecule has 3 aromatic rings. The molecule has 1 aromatic heterocycles. The topological polar surface area (TPSA) is 133 Å². The third-order valence-electron chi connectivity index (χ3n) is 4.44. The third kappa shape index (κ3) is 6.19. The first-order valence-electron chi connectivity index (χ1n) is 9.87. The van der Waals surface area contributed by atoms with Crippen molar-refractivity contribution in [2.75, 3.05) is 33.8 Å². The predicted octanol–water partition coefficient (Wildman–Crippen LogP) is 2.52. The maximum absolute atomic E-state index is 12.3. The van der Waals surface area contributed by atoms with Gasteiger partial charge in [0.2, 0.25) is 16.8 Å². The number of nitrogens with one attached hydrogen (secondary N) is 2. The van der Waals surface area contributed by atoms with Crippen molar-refractivity contribution in [2.45, 2.75) is 6.42 Å². The molecule has 3 rings (SSSR count). The minimum atomic E-state index is -0.395. The maximum atomic E-state index is 12.3. The number of rotatable bonds is 10. The van der Waals surface area contributed by atoms with Crippen molar-refractivity contribution in [1.82, 2.24) is 15.6 Å². The number of ether oxygens (including phenoxy) is 4. The van der Waals surface area contributed by atoms with Gasteiger partial charge in [-0.25, -0.2) is 5.43 Å². The van der Waals surface area contributed by atoms with E-state index in [0.29, 0.717) is 39.1 Å². The molecule has 0 unspecified atom stereocenters. The zero-order chi connectivity index (χ0) is 24.5. The van der Waals surface area contributed by atoms with Gasteiger partial charge in [-0.3, -0.25) is 14.9 Å². The molecule has 0 aliphatic heterocycles. The fourth-order valence-electron chi connectivity index (χ4n) is 2.82. The number of nitrogens with zero attached hydrogens (tertiary/aromatic N) is 3. The van der Waals surface area contributed by atoms with Gasteiger partial charge in [-0.1, -0.05) is 11.3 Å². The number of carbonyl (C=O) groups is 2. The van der Waals surface area contributed by atoms with Gasteiger partial charge in [-0.05, 0) is 36.4 Å². The van der Waals surface area contributed by atoms with E-state index in [1.807, 2.05) is 0 Å². The molecule has 178 valence electrons. The molecule has 0 saturated heterocycles. The lowest BCUT2D eigenvalue weighted by molar-refractivity contribution is -0.120. The van der Waals surface area contributed by atoms with Gasteiger partial charge >= 0.3 is 0 Å². The van der Waals surface area contributed by atoms with E-state index in [9.17, 15) is 9.59 Å². The lowest BCUT2D eigenvalue weighted by atomic mass is 10.2. The monoisotopic (exact) mass is 485 g/mol. The number of methoxy groups -OCH3 is 4. The van der Waals surface area contributed by atoms with E-state index in [0.717, 1.165) is 11.3 Å². The van der Waals surface area contributed by atoms with Crippen LogP contribution in [0.15, 0.2) is 41.5 Å². The molecular weight excluding hydrogens is 462 g/mol. The molecule has 0 bridgehead atoms. The molecule has 1 heterocycles. The average molecular weight is 486 g/mol. The summed E-state index contributed by atoms with van der Waals surface area (Å²) in [6.45, 7) is 0. The summed E-state index contributed by atoms with van der Waals surface area (Å²) in [5.74, 6) is 1.30. The summed E-state index contributed by atoms with van der Waals surface area (Å²) in [4.78, 5) is 24.5. The second-order valence-electron chi connectivity index (χ2n) is 6.61. The Labute approximate surface area is 199 Å². The molecule has 0 radical (unpaired) electrons. The van der Waals surface area contributed by atoms with E-state index in [1.54, 1.807) is 43.5 Å². The summed E-state index contributed by atoms with van der Waals surface area (Å²) in [5, 5.41) is 15.2. The summed E-state index contributed by atoms with van der Waals surface area (Å²) >= 11 is 1.10. The van der Waals surface area contributed by atoms with Gasteiger partial charge in [0.05, 0.1) is 41.1 Å². The number of aromatic nitrogens is 2. The second kappa shape index (κ2) is 11.6. The first kappa shape index (κ1) is 24.5. The Morgan fingerprint density at radius 3 is 2.24 bits per heavy atom. The fourth-order valence-corrected chi connectivity index (χ4v) is 3.55. The van der Waals surface area contributed by atoms with Crippen LogP contribution in [0.2, 0.25) is 0 Å². The summed E-state index contributed by atoms with van der Waals surface area (Å²) in [6.07, 6.45) is 1.39. The minimum absolute atomic E-state index is 0.0529. The largest absolute Gasteiger partial charge is 0.497 e. The van der Waals surface area contributed by atoms with Gasteiger partial charge < -0.3 is 18.9 Å². The molecule has 34 heavy (non-hydrogen) atoms. The zero-order valence-corrected chi connectivity index (χ0v) is 19.8. The molecular formula is C22H23N5O6S. The average Bonchev–Trinajstić information content (AvgIpc) is 3.29. The first-order valence-corrected chi connectivity index (χ1v) is 10.7. The highest BCUT2D eigenvalue weighted by Gasteiger charge is 2.14. The van der Waals surface area contributed by atoms with Gasteiger partial charge in [-0.2, -0.15) is 5.10 Å². The van der Waals surface area contributed by atoms with Crippen LogP contribution in [0.1, 0.15) is 20.9 Å². The second-order valence-corrected chi connectivity index (χ2v) is 7.67. The lowest BCUT2D eigenvalue weighted by Crippen LogP contribution is -2.19. The Hall–Kier alpha value is -4.19. The first-order chi connectivity index (χ1) is 16.5. The Morgan fingerprint density at radius 1 is 0.971 bits per heavy atom. The van der Waals surface area contributed by atoms with Crippen LogP contribution in [-0.2, 0) is 11.2 Å². The Kier molecular flexibility index (Phi) is 8.35. The molecule has 0 aliphatic rings. The van der Waals surface area contributed by atoms with Crippen molar-refractivity contribution < 1.29 is 28.5 Å². The molecule has 2 aromatic carbocycles. The van der Waals surface area contributed by atoms with Crippen molar-refractivity contribution in [1.29, 1.82) is 0 Å². The van der Waals surface area contributed by atoms with Crippen LogP contribution in [0.25, 0.3) is 0 Å². The smallest absolute Gasteiger partial charge is 0.257 e. The number of hydrazone groups is 1. The molecule has 0 aliphatic carbocycles. The number of hydrogen-bond donors (Lipinski definition) is 2. The van der Waals surface area contributed by atoms with Crippen LogP contribution < -0.4 is 29.7 Å². The van der Waals surface area contributed by atoms with Crippen molar-refractivity contribution in [3.8, 4) is 23.0 Å². The van der Waals surface area contributed by atoms with Gasteiger partial charge in [0.1, 0.15) is 10.8 Å². The Bertz CT molecular complexity index is 1150. The standard InChI is InChI=1S/C22H23N5O6S/c1-30-15-7-5-14(6-8-15)21(29)24-22-27-26-19(34-22)11-18(28)25-23-12-13-9-16(31-2)20(33-4)17(10-13)32-3/h5-10,12H,11H2,1-4H3,(H,25,28)(H,24,27,29). The fraction of sp³-hybridized carbons (Fsp3) is 0.227. The van der Waals surface area contributed by atoms with Crippen LogP contribution in [0.4, 0.5) is 5.13 Å². The van der Waals surface area contributed by atoms with Crippen LogP contribution in [0.5, 0.6) is 23.0 Å². The summed E-state index contributed by atoms with van der Waals surface area (Å²) in [5.41, 5.74) is 3.50. The molecule has 0 fully saturated rings. The van der Waals surface area contributed by atoms with E-state index < -0.39 is 5.91 Å². The third-order valence-corrected chi connectivity index (χ3v) is 5.28. The Morgan fingerprint density at radius 2 is 1.65 bits per heavy atom. The van der Waals surface area contributed by atoms with E-state index in [1.165, 1.54) is 27.5 Å². The number of amides is 2. The van der Waals surface area contributed by atoms with E-state index >= 15 is 0 Å². The lowest BCUT2D eigenvalue weighted by Gasteiger charge is -2.12. The SMILES string of the molecule is COc1ccc(C(=O)Nc2nnc(CC(=O)NN=Cc3cc(OC)c(OC)c(OC)c3)s2)cc1. The highest BCUT2D eigenvalue weighted by Crippen LogP contribution is 2.37. The van der Waals surface area contributed by atoms with Crippen LogP contribution >= 0.6 is 11.3 Å². The molecule has 0 atom stereocenters. The molecule has 12 heteroatoms. The highest BCUT2D eigenvalue weighted by molar-refractivity contribution is 7.15. The van der Waals surface area contributed by atoms with Gasteiger partial charge in [0.15, 0.2) is 11.5 Å². The van der Waals surface area contributed by atoms with Crippen LogP contribution in [0, 0.1) is 0 Å². The van der Waals surface area contributed by atoms with Gasteiger partial charge in [0.25, 0.3) is 5.91 Å². The van der Waals surface area contributed by atoms with Gasteiger partial charge in [-0.15, -0.1) is 10.2 Å². The van der Waals surface area contributed by atoms with Crippen LogP contribution in [0.3, 0.4) is 0 Å². The quantitative estimate of drug-likeness (QED) is 0.331. The van der Waals surface area contributed by atoms with E-state index in [4.69, 9.17) is 18.9 Å². The normalized spacial score (nSPS) is 10.6. The minimum Gasteiger partial charge on any atom is -0.497 e. The van der Waals surface area contributed by atoms with E-state index in [-0.39, 0.29) is 17.5 Å². The zero-order valence-electron chi connectivity index (χ0n) is 18.9. The van der Waals surface area contributed by atoms with Gasteiger partial charge in [0, 0.05) is 11.1 Å². The van der Waals surface area contributed by atoms with E-state index in [2.05, 4.69) is 26.0 Å². The number of hydrogen-bond acceptors (Lipinski definition) is 10. The number of anilines is 1. The van der Waals surface area contributed by atoms with Crippen molar-refractivity contribution in [2.24, 2.45) is 5.10 Å². The maximum Gasteiger partial charge on any atom is 0.257 e.